The van der Waals surface area contributed by atoms with Crippen LogP contribution in [0.1, 0.15) is 0 Å². The van der Waals surface area contributed by atoms with E-state index in [1.165, 1.54) is 22.7 Å². The van der Waals surface area contributed by atoms with Crippen LogP contribution >= 0.6 is 22.7 Å². The first-order valence-corrected chi connectivity index (χ1v) is 7.60. The minimum absolute atomic E-state index is 0.348. The Kier molecular flexibility index (Phi) is 2.42. The summed E-state index contributed by atoms with van der Waals surface area (Å²) in [4.78, 5) is 34.0. The molecule has 0 atom stereocenters. The zero-order valence-electron chi connectivity index (χ0n) is 9.99. The first kappa shape index (κ1) is 11.6. The largest absolute Gasteiger partial charge is 0.280 e. The standard InChI is InChI=1S/C14H6N2O2S2/c17-13-9-10(12(16-13)8-4-2-6-20-8)14(18)15-11(9)7-3-1-5-19-7/h1-6H. The molecule has 0 N–H and O–H groups in total. The van der Waals surface area contributed by atoms with Gasteiger partial charge < -0.3 is 0 Å². The van der Waals surface area contributed by atoms with E-state index in [0.29, 0.717) is 21.8 Å². The van der Waals surface area contributed by atoms with Crippen molar-refractivity contribution >= 4 is 22.7 Å². The van der Waals surface area contributed by atoms with E-state index in [1.807, 2.05) is 35.0 Å². The molecule has 6 heteroatoms. The summed E-state index contributed by atoms with van der Waals surface area (Å²) in [6.07, 6.45) is 0. The van der Waals surface area contributed by atoms with E-state index >= 15 is 0 Å². The summed E-state index contributed by atoms with van der Waals surface area (Å²) in [6.45, 7) is 0. The van der Waals surface area contributed by atoms with Gasteiger partial charge in [0.05, 0.1) is 31.6 Å². The van der Waals surface area contributed by atoms with Gasteiger partial charge in [0.1, 0.15) is 0 Å². The molecule has 0 fully saturated rings. The van der Waals surface area contributed by atoms with Gasteiger partial charge in [-0.25, -0.2) is 9.97 Å². The first-order chi connectivity index (χ1) is 9.75. The monoisotopic (exact) mass is 298 g/mol. The van der Waals surface area contributed by atoms with Gasteiger partial charge >= 0.3 is 0 Å². The fourth-order valence-electron chi connectivity index (χ4n) is 2.26. The molecule has 2 aliphatic rings. The Balaban J connectivity index is 2.17. The summed E-state index contributed by atoms with van der Waals surface area (Å²) in [6, 6.07) is 7.43. The third kappa shape index (κ3) is 1.52. The Labute approximate surface area is 120 Å². The predicted molar refractivity (Wildman–Crippen MR) is 78.9 cm³/mol. The minimum Gasteiger partial charge on any atom is -0.267 e. The molecule has 0 bridgehead atoms. The van der Waals surface area contributed by atoms with Crippen LogP contribution in [0.25, 0.3) is 21.1 Å². The molecule has 0 saturated carbocycles. The highest BCUT2D eigenvalue weighted by atomic mass is 32.1. The molecule has 0 aromatic carbocycles. The van der Waals surface area contributed by atoms with Crippen LogP contribution in [0, 0.1) is 10.4 Å². The number of hydrogen-bond acceptors (Lipinski definition) is 6. The number of thiophene rings is 2. The van der Waals surface area contributed by atoms with Crippen molar-refractivity contribution in [2.75, 3.05) is 0 Å². The van der Waals surface area contributed by atoms with Gasteiger partial charge in [0, 0.05) is 0 Å². The van der Waals surface area contributed by atoms with Crippen molar-refractivity contribution in [1.82, 2.24) is 9.97 Å². The summed E-state index contributed by atoms with van der Waals surface area (Å²) < 4.78 is 0. The van der Waals surface area contributed by atoms with Crippen molar-refractivity contribution in [3.05, 3.63) is 66.2 Å². The molecule has 4 rings (SSSR count). The second-order valence-electron chi connectivity index (χ2n) is 4.24. The van der Waals surface area contributed by atoms with Crippen LogP contribution in [0.15, 0.2) is 44.6 Å². The Morgan fingerprint density at radius 1 is 0.750 bits per heavy atom. The van der Waals surface area contributed by atoms with Crippen LogP contribution in [0.2, 0.25) is 0 Å². The van der Waals surface area contributed by atoms with E-state index in [9.17, 15) is 9.59 Å². The van der Waals surface area contributed by atoms with Crippen LogP contribution < -0.4 is 11.1 Å². The molecule has 4 nitrogen and oxygen atoms in total. The molecule has 2 aromatic rings. The molecule has 0 radical (unpaired) electrons. The van der Waals surface area contributed by atoms with Gasteiger partial charge in [0.25, 0.3) is 11.1 Å². The van der Waals surface area contributed by atoms with Crippen molar-refractivity contribution < 1.29 is 0 Å². The number of hydrogen-bond donors (Lipinski definition) is 0. The maximum Gasteiger partial charge on any atom is 0.280 e. The van der Waals surface area contributed by atoms with Crippen molar-refractivity contribution in [2.45, 2.75) is 0 Å². The molecule has 0 spiro atoms. The van der Waals surface area contributed by atoms with Crippen molar-refractivity contribution in [3.8, 4) is 21.1 Å². The molecule has 0 saturated heterocycles. The van der Waals surface area contributed by atoms with Gasteiger partial charge in [-0.15, -0.1) is 22.7 Å². The highest BCUT2D eigenvalue weighted by molar-refractivity contribution is 7.13. The van der Waals surface area contributed by atoms with Crippen LogP contribution in [0.5, 0.6) is 0 Å². The molecule has 20 heavy (non-hydrogen) atoms. The Hall–Kier alpha value is -2.18. The molecule has 4 heterocycles. The maximum atomic E-state index is 12.1. The lowest BCUT2D eigenvalue weighted by Gasteiger charge is -1.87. The summed E-state index contributed by atoms with van der Waals surface area (Å²) >= 11 is 2.91. The van der Waals surface area contributed by atoms with Crippen molar-refractivity contribution in [2.24, 2.45) is 0 Å². The van der Waals surface area contributed by atoms with E-state index in [0.717, 1.165) is 9.75 Å². The topological polar surface area (TPSA) is 59.9 Å². The SMILES string of the molecule is O=c1nc(-c2cccs2)c2c(=O)nc(-c3cccs3)c1=2. The first-order valence-electron chi connectivity index (χ1n) is 5.84. The molecular formula is C14H6N2O2S2. The van der Waals surface area contributed by atoms with Crippen LogP contribution in [-0.2, 0) is 0 Å². The van der Waals surface area contributed by atoms with E-state index in [4.69, 9.17) is 0 Å². The smallest absolute Gasteiger partial charge is 0.267 e. The Morgan fingerprint density at radius 2 is 1.20 bits per heavy atom. The zero-order chi connectivity index (χ0) is 13.7. The average molecular weight is 298 g/mol. The lowest BCUT2D eigenvalue weighted by atomic mass is 10.2. The summed E-state index contributed by atoms with van der Waals surface area (Å²) in [5, 5.41) is 4.48. The molecule has 96 valence electrons. The Morgan fingerprint density at radius 3 is 1.55 bits per heavy atom. The summed E-state index contributed by atoms with van der Waals surface area (Å²) in [5.74, 6) is 0. The Bertz CT molecular complexity index is 941. The highest BCUT2D eigenvalue weighted by Crippen LogP contribution is 2.27. The van der Waals surface area contributed by atoms with E-state index in [2.05, 4.69) is 9.97 Å². The fraction of sp³-hybridized carbons (Fsp3) is 0. The zero-order valence-corrected chi connectivity index (χ0v) is 11.6. The maximum absolute atomic E-state index is 12.1. The number of nitrogens with zero attached hydrogens (tertiary/aromatic N) is 2. The number of aromatic nitrogens is 2. The normalized spacial score (nSPS) is 11.4. The fourth-order valence-corrected chi connectivity index (χ4v) is 3.70. The third-order valence-electron chi connectivity index (χ3n) is 3.09. The summed E-state index contributed by atoms with van der Waals surface area (Å²) in [5.41, 5.74) is 0.170. The van der Waals surface area contributed by atoms with Gasteiger partial charge in [-0.1, -0.05) is 12.1 Å². The van der Waals surface area contributed by atoms with Crippen molar-refractivity contribution in [1.29, 1.82) is 0 Å². The summed E-state index contributed by atoms with van der Waals surface area (Å²) in [7, 11) is 0. The second kappa shape index (κ2) is 4.16. The van der Waals surface area contributed by atoms with Crippen LogP contribution in [0.3, 0.4) is 0 Å². The lowest BCUT2D eigenvalue weighted by molar-refractivity contribution is 1.24. The highest BCUT2D eigenvalue weighted by Gasteiger charge is 2.20. The molecule has 2 aliphatic heterocycles. The van der Waals surface area contributed by atoms with Gasteiger partial charge in [-0.3, -0.25) is 9.59 Å². The van der Waals surface area contributed by atoms with E-state index < -0.39 is 0 Å². The van der Waals surface area contributed by atoms with Crippen LogP contribution in [-0.4, -0.2) is 9.97 Å². The van der Waals surface area contributed by atoms with Crippen molar-refractivity contribution in [3.63, 3.8) is 0 Å². The molecule has 0 amide bonds. The van der Waals surface area contributed by atoms with E-state index in [-0.39, 0.29) is 11.1 Å². The van der Waals surface area contributed by atoms with Gasteiger partial charge in [0.2, 0.25) is 0 Å². The van der Waals surface area contributed by atoms with Gasteiger partial charge in [0.15, 0.2) is 0 Å². The lowest BCUT2D eigenvalue weighted by Crippen LogP contribution is -2.03. The van der Waals surface area contributed by atoms with E-state index in [1.54, 1.807) is 0 Å². The second-order valence-corrected chi connectivity index (χ2v) is 6.13. The minimum atomic E-state index is -0.374. The molecule has 0 unspecified atom stereocenters. The van der Waals surface area contributed by atoms with Gasteiger partial charge in [-0.05, 0) is 22.9 Å². The number of rotatable bonds is 2. The molecular weight excluding hydrogens is 292 g/mol. The van der Waals surface area contributed by atoms with Crippen LogP contribution in [0.4, 0.5) is 0 Å². The predicted octanol–water partition coefficient (Wildman–Crippen LogP) is 2.25. The quantitative estimate of drug-likeness (QED) is 0.569. The molecule has 0 aliphatic carbocycles. The third-order valence-corrected chi connectivity index (χ3v) is 4.84. The molecule has 2 aromatic heterocycles. The van der Waals surface area contributed by atoms with Gasteiger partial charge in [-0.2, -0.15) is 0 Å². The average Bonchev–Trinajstić information content (AvgIpc) is 3.17.